The SMILES string of the molecule is CC1CCC(CNC(=O)c2ccc(CN)cc2)CC1.Cl. The van der Waals surface area contributed by atoms with E-state index < -0.39 is 0 Å². The normalized spacial score (nSPS) is 21.9. The molecule has 1 aliphatic rings. The van der Waals surface area contributed by atoms with E-state index in [-0.39, 0.29) is 18.3 Å². The van der Waals surface area contributed by atoms with E-state index in [1.807, 2.05) is 24.3 Å². The lowest BCUT2D eigenvalue weighted by Crippen LogP contribution is -2.31. The summed E-state index contributed by atoms with van der Waals surface area (Å²) in [6, 6.07) is 7.52. The standard InChI is InChI=1S/C16H24N2O.ClH/c1-12-2-4-14(5-3-12)11-18-16(19)15-8-6-13(10-17)7-9-15;/h6-9,12,14H,2-5,10-11,17H2,1H3,(H,18,19);1H. The summed E-state index contributed by atoms with van der Waals surface area (Å²) < 4.78 is 0. The smallest absolute Gasteiger partial charge is 0.251 e. The van der Waals surface area contributed by atoms with Gasteiger partial charge in [0, 0.05) is 18.7 Å². The second-order valence-electron chi connectivity index (χ2n) is 5.74. The van der Waals surface area contributed by atoms with Gasteiger partial charge in [0.15, 0.2) is 0 Å². The van der Waals surface area contributed by atoms with Crippen molar-refractivity contribution in [1.29, 1.82) is 0 Å². The Kier molecular flexibility index (Phi) is 7.03. The molecule has 4 heteroatoms. The summed E-state index contributed by atoms with van der Waals surface area (Å²) in [5.41, 5.74) is 7.32. The third kappa shape index (κ3) is 4.80. The van der Waals surface area contributed by atoms with Crippen LogP contribution in [0.5, 0.6) is 0 Å². The van der Waals surface area contributed by atoms with Crippen LogP contribution in [0, 0.1) is 11.8 Å². The fourth-order valence-electron chi connectivity index (χ4n) is 2.66. The summed E-state index contributed by atoms with van der Waals surface area (Å²) >= 11 is 0. The van der Waals surface area contributed by atoms with Gasteiger partial charge >= 0.3 is 0 Å². The van der Waals surface area contributed by atoms with Crippen molar-refractivity contribution in [2.24, 2.45) is 17.6 Å². The van der Waals surface area contributed by atoms with E-state index in [0.29, 0.717) is 12.5 Å². The second-order valence-corrected chi connectivity index (χ2v) is 5.74. The van der Waals surface area contributed by atoms with Crippen molar-refractivity contribution >= 4 is 18.3 Å². The lowest BCUT2D eigenvalue weighted by atomic mass is 9.83. The van der Waals surface area contributed by atoms with E-state index >= 15 is 0 Å². The number of hydrogen-bond donors (Lipinski definition) is 2. The van der Waals surface area contributed by atoms with Gasteiger partial charge < -0.3 is 11.1 Å². The van der Waals surface area contributed by atoms with Gasteiger partial charge in [-0.05, 0) is 42.4 Å². The molecule has 1 aliphatic carbocycles. The number of carbonyl (C=O) groups is 1. The predicted octanol–water partition coefficient (Wildman–Crippen LogP) is 3.12. The first-order valence-electron chi connectivity index (χ1n) is 7.26. The average Bonchev–Trinajstić information content (AvgIpc) is 2.46. The van der Waals surface area contributed by atoms with Gasteiger partial charge in [0.25, 0.3) is 5.91 Å². The molecule has 1 saturated carbocycles. The Morgan fingerprint density at radius 1 is 1.20 bits per heavy atom. The van der Waals surface area contributed by atoms with Crippen LogP contribution in [0.4, 0.5) is 0 Å². The third-order valence-corrected chi connectivity index (χ3v) is 4.14. The number of amides is 1. The number of hydrogen-bond acceptors (Lipinski definition) is 2. The van der Waals surface area contributed by atoms with Gasteiger partial charge in [0.1, 0.15) is 0 Å². The quantitative estimate of drug-likeness (QED) is 0.897. The molecule has 0 spiro atoms. The van der Waals surface area contributed by atoms with Crippen LogP contribution in [-0.2, 0) is 6.54 Å². The second kappa shape index (κ2) is 8.28. The molecule has 0 atom stereocenters. The Morgan fingerprint density at radius 3 is 2.35 bits per heavy atom. The van der Waals surface area contributed by atoms with Crippen LogP contribution >= 0.6 is 12.4 Å². The number of carbonyl (C=O) groups excluding carboxylic acids is 1. The maximum Gasteiger partial charge on any atom is 0.251 e. The van der Waals surface area contributed by atoms with E-state index in [2.05, 4.69) is 12.2 Å². The van der Waals surface area contributed by atoms with Gasteiger partial charge in [-0.25, -0.2) is 0 Å². The fourth-order valence-corrected chi connectivity index (χ4v) is 2.66. The molecule has 0 radical (unpaired) electrons. The molecular formula is C16H25ClN2O. The van der Waals surface area contributed by atoms with Crippen molar-refractivity contribution in [1.82, 2.24) is 5.32 Å². The number of benzene rings is 1. The number of nitrogens with two attached hydrogens (primary N) is 1. The van der Waals surface area contributed by atoms with Gasteiger partial charge in [-0.2, -0.15) is 0 Å². The summed E-state index contributed by atoms with van der Waals surface area (Å²) in [7, 11) is 0. The molecule has 0 unspecified atom stereocenters. The van der Waals surface area contributed by atoms with Crippen LogP contribution < -0.4 is 11.1 Å². The first-order valence-corrected chi connectivity index (χ1v) is 7.26. The summed E-state index contributed by atoms with van der Waals surface area (Å²) in [5, 5.41) is 3.05. The van der Waals surface area contributed by atoms with Crippen molar-refractivity contribution < 1.29 is 4.79 Å². The van der Waals surface area contributed by atoms with E-state index in [0.717, 1.165) is 23.6 Å². The molecule has 1 amide bonds. The summed E-state index contributed by atoms with van der Waals surface area (Å²) in [5.74, 6) is 1.54. The van der Waals surface area contributed by atoms with Crippen LogP contribution in [0.1, 0.15) is 48.5 Å². The van der Waals surface area contributed by atoms with Gasteiger partial charge in [-0.15, -0.1) is 12.4 Å². The van der Waals surface area contributed by atoms with Crippen LogP contribution in [0.25, 0.3) is 0 Å². The number of nitrogens with one attached hydrogen (secondary N) is 1. The van der Waals surface area contributed by atoms with E-state index in [1.165, 1.54) is 25.7 Å². The molecule has 1 aromatic carbocycles. The Morgan fingerprint density at radius 2 is 1.80 bits per heavy atom. The number of halogens is 1. The molecule has 3 N–H and O–H groups in total. The fraction of sp³-hybridized carbons (Fsp3) is 0.562. The minimum atomic E-state index is 0. The topological polar surface area (TPSA) is 55.1 Å². The highest BCUT2D eigenvalue weighted by Gasteiger charge is 2.18. The van der Waals surface area contributed by atoms with Gasteiger partial charge in [-0.1, -0.05) is 31.9 Å². The van der Waals surface area contributed by atoms with Crippen molar-refractivity contribution in [3.63, 3.8) is 0 Å². The van der Waals surface area contributed by atoms with Gasteiger partial charge in [-0.3, -0.25) is 4.79 Å². The van der Waals surface area contributed by atoms with Crippen LogP contribution in [0.15, 0.2) is 24.3 Å². The summed E-state index contributed by atoms with van der Waals surface area (Å²) in [4.78, 5) is 12.0. The maximum absolute atomic E-state index is 12.0. The van der Waals surface area contributed by atoms with Crippen LogP contribution in [0.2, 0.25) is 0 Å². The maximum atomic E-state index is 12.0. The monoisotopic (exact) mass is 296 g/mol. The highest BCUT2D eigenvalue weighted by Crippen LogP contribution is 2.27. The van der Waals surface area contributed by atoms with Crippen molar-refractivity contribution in [2.45, 2.75) is 39.2 Å². The van der Waals surface area contributed by atoms with Crippen molar-refractivity contribution in [2.75, 3.05) is 6.54 Å². The molecule has 3 nitrogen and oxygen atoms in total. The molecule has 2 rings (SSSR count). The van der Waals surface area contributed by atoms with Gasteiger partial charge in [0.05, 0.1) is 0 Å². The van der Waals surface area contributed by atoms with Crippen molar-refractivity contribution in [3.05, 3.63) is 35.4 Å². The predicted molar refractivity (Wildman–Crippen MR) is 85.0 cm³/mol. The average molecular weight is 297 g/mol. The highest BCUT2D eigenvalue weighted by molar-refractivity contribution is 5.94. The molecule has 0 aromatic heterocycles. The molecular weight excluding hydrogens is 272 g/mol. The van der Waals surface area contributed by atoms with E-state index in [1.54, 1.807) is 0 Å². The highest BCUT2D eigenvalue weighted by atomic mass is 35.5. The first-order chi connectivity index (χ1) is 9.19. The Bertz CT molecular complexity index is 411. The van der Waals surface area contributed by atoms with E-state index in [4.69, 9.17) is 5.73 Å². The Hall–Kier alpha value is -1.06. The minimum Gasteiger partial charge on any atom is -0.352 e. The molecule has 1 aromatic rings. The van der Waals surface area contributed by atoms with E-state index in [9.17, 15) is 4.79 Å². The van der Waals surface area contributed by atoms with Crippen LogP contribution in [-0.4, -0.2) is 12.5 Å². The largest absolute Gasteiger partial charge is 0.352 e. The zero-order chi connectivity index (χ0) is 13.7. The Labute approximate surface area is 127 Å². The lowest BCUT2D eigenvalue weighted by Gasteiger charge is -2.26. The molecule has 112 valence electrons. The first kappa shape index (κ1) is 17.0. The minimum absolute atomic E-state index is 0. The third-order valence-electron chi connectivity index (χ3n) is 4.14. The summed E-state index contributed by atoms with van der Waals surface area (Å²) in [6.07, 6.45) is 5.08. The molecule has 20 heavy (non-hydrogen) atoms. The van der Waals surface area contributed by atoms with Crippen LogP contribution in [0.3, 0.4) is 0 Å². The zero-order valence-electron chi connectivity index (χ0n) is 12.1. The molecule has 0 heterocycles. The Balaban J connectivity index is 0.00000200. The molecule has 0 aliphatic heterocycles. The summed E-state index contributed by atoms with van der Waals surface area (Å²) in [6.45, 7) is 3.64. The lowest BCUT2D eigenvalue weighted by molar-refractivity contribution is 0.0942. The molecule has 1 fully saturated rings. The number of rotatable bonds is 4. The van der Waals surface area contributed by atoms with Crippen molar-refractivity contribution in [3.8, 4) is 0 Å². The molecule has 0 saturated heterocycles. The van der Waals surface area contributed by atoms with Gasteiger partial charge in [0.2, 0.25) is 0 Å². The molecule has 0 bridgehead atoms. The zero-order valence-corrected chi connectivity index (χ0v) is 12.9.